The Morgan fingerprint density at radius 3 is 2.67 bits per heavy atom. The van der Waals surface area contributed by atoms with Crippen molar-refractivity contribution in [2.75, 3.05) is 12.3 Å². The molecule has 1 rings (SSSR count). The lowest BCUT2D eigenvalue weighted by Crippen LogP contribution is -2.19. The van der Waals surface area contributed by atoms with Gasteiger partial charge in [0.1, 0.15) is 6.04 Å². The fourth-order valence-corrected chi connectivity index (χ4v) is 1.55. The Labute approximate surface area is 123 Å². The van der Waals surface area contributed by atoms with Crippen LogP contribution in [0.5, 0.6) is 0 Å². The number of carbonyl (C=O) groups is 1. The number of nitrogens with zero attached hydrogens (tertiary/aromatic N) is 2. The first-order valence-corrected chi connectivity index (χ1v) is 6.65. The maximum atomic E-state index is 10.9. The van der Waals surface area contributed by atoms with E-state index in [2.05, 4.69) is 9.98 Å². The zero-order valence-corrected chi connectivity index (χ0v) is 11.7. The Morgan fingerprint density at radius 1 is 1.29 bits per heavy atom. The van der Waals surface area contributed by atoms with Crippen LogP contribution < -0.4 is 11.5 Å². The summed E-state index contributed by atoms with van der Waals surface area (Å²) >= 11 is 0. The number of hydrogen-bond acceptors (Lipinski definition) is 5. The topological polar surface area (TPSA) is 114 Å². The summed E-state index contributed by atoms with van der Waals surface area (Å²) in [5, 5.41) is 8.96. The quantitative estimate of drug-likeness (QED) is 0.499. The molecule has 5 N–H and O–H groups in total. The van der Waals surface area contributed by atoms with E-state index < -0.39 is 12.0 Å². The third-order valence-corrected chi connectivity index (χ3v) is 2.67. The van der Waals surface area contributed by atoms with Crippen LogP contribution in [0.1, 0.15) is 12.8 Å². The SMILES string of the molecule is NCCCC(N=C/C=C/C=Nc1ccccc1N)C(=O)O. The second-order valence-corrected chi connectivity index (χ2v) is 4.30. The summed E-state index contributed by atoms with van der Waals surface area (Å²) in [6.07, 6.45) is 7.39. The molecule has 0 spiro atoms. The maximum Gasteiger partial charge on any atom is 0.328 e. The molecule has 0 bridgehead atoms. The van der Waals surface area contributed by atoms with Crippen LogP contribution in [0.15, 0.2) is 46.4 Å². The highest BCUT2D eigenvalue weighted by Gasteiger charge is 2.13. The maximum absolute atomic E-state index is 10.9. The minimum Gasteiger partial charge on any atom is -0.480 e. The number of allylic oxidation sites excluding steroid dienone is 2. The lowest BCUT2D eigenvalue weighted by Gasteiger charge is -2.04. The Bertz CT molecular complexity index is 538. The van der Waals surface area contributed by atoms with Gasteiger partial charge in [-0.25, -0.2) is 4.79 Å². The van der Waals surface area contributed by atoms with Gasteiger partial charge < -0.3 is 16.6 Å². The number of para-hydroxylation sites is 2. The van der Waals surface area contributed by atoms with Crippen LogP contribution in [-0.2, 0) is 4.79 Å². The van der Waals surface area contributed by atoms with Gasteiger partial charge in [0.2, 0.25) is 0 Å². The number of aliphatic carboxylic acids is 1. The molecule has 21 heavy (non-hydrogen) atoms. The molecule has 0 fully saturated rings. The van der Waals surface area contributed by atoms with E-state index in [9.17, 15) is 4.79 Å². The van der Waals surface area contributed by atoms with E-state index in [1.54, 1.807) is 30.5 Å². The number of carboxylic acids is 1. The summed E-state index contributed by atoms with van der Waals surface area (Å²) in [5.74, 6) is -0.946. The van der Waals surface area contributed by atoms with E-state index in [0.717, 1.165) is 0 Å². The second kappa shape index (κ2) is 9.44. The highest BCUT2D eigenvalue weighted by Crippen LogP contribution is 2.19. The van der Waals surface area contributed by atoms with Crippen molar-refractivity contribution >= 4 is 29.8 Å². The number of nitrogens with two attached hydrogens (primary N) is 2. The number of hydrogen-bond donors (Lipinski definition) is 3. The average Bonchev–Trinajstić information content (AvgIpc) is 2.47. The number of carboxylic acid groups (broad SMARTS) is 1. The van der Waals surface area contributed by atoms with E-state index in [4.69, 9.17) is 16.6 Å². The monoisotopic (exact) mass is 288 g/mol. The summed E-state index contributed by atoms with van der Waals surface area (Å²) in [7, 11) is 0. The summed E-state index contributed by atoms with van der Waals surface area (Å²) < 4.78 is 0. The minimum absolute atomic E-state index is 0.435. The standard InChI is InChI=1S/C15H20N4O2/c16-9-5-8-14(15(20)21)19-11-4-3-10-18-13-7-2-1-6-12(13)17/h1-4,6-7,10-11,14H,5,8-9,16-17H2,(H,20,21)/b4-3+,18-10?,19-11?. The van der Waals surface area contributed by atoms with Crippen molar-refractivity contribution in [2.24, 2.45) is 15.7 Å². The molecule has 112 valence electrons. The van der Waals surface area contributed by atoms with Gasteiger partial charge in [0.25, 0.3) is 0 Å². The van der Waals surface area contributed by atoms with Crippen LogP contribution in [0.2, 0.25) is 0 Å². The van der Waals surface area contributed by atoms with E-state index in [1.165, 1.54) is 6.21 Å². The van der Waals surface area contributed by atoms with Gasteiger partial charge in [-0.1, -0.05) is 12.1 Å². The predicted octanol–water partition coefficient (Wildman–Crippen LogP) is 1.79. The van der Waals surface area contributed by atoms with Gasteiger partial charge >= 0.3 is 5.97 Å². The van der Waals surface area contributed by atoms with Crippen LogP contribution in [0.3, 0.4) is 0 Å². The molecule has 6 heteroatoms. The molecular formula is C15H20N4O2. The Morgan fingerprint density at radius 2 is 2.00 bits per heavy atom. The predicted molar refractivity (Wildman–Crippen MR) is 86.4 cm³/mol. The summed E-state index contributed by atoms with van der Waals surface area (Å²) in [6.45, 7) is 0.459. The van der Waals surface area contributed by atoms with Gasteiger partial charge in [-0.05, 0) is 43.7 Å². The molecule has 1 aromatic rings. The molecule has 1 unspecified atom stereocenters. The largest absolute Gasteiger partial charge is 0.480 e. The molecule has 0 aliphatic rings. The molecule has 0 aliphatic heterocycles. The van der Waals surface area contributed by atoms with Crippen LogP contribution in [0.25, 0.3) is 0 Å². The van der Waals surface area contributed by atoms with Gasteiger partial charge in [0.15, 0.2) is 0 Å². The molecule has 1 atom stereocenters. The van der Waals surface area contributed by atoms with E-state index >= 15 is 0 Å². The second-order valence-electron chi connectivity index (χ2n) is 4.30. The highest BCUT2D eigenvalue weighted by molar-refractivity contribution is 5.85. The van der Waals surface area contributed by atoms with Crippen LogP contribution in [0.4, 0.5) is 11.4 Å². The van der Waals surface area contributed by atoms with Crippen LogP contribution in [-0.4, -0.2) is 36.1 Å². The molecule has 0 aromatic heterocycles. The third-order valence-electron chi connectivity index (χ3n) is 2.67. The van der Waals surface area contributed by atoms with Gasteiger partial charge in [-0.15, -0.1) is 0 Å². The Hall–Kier alpha value is -2.47. The van der Waals surface area contributed by atoms with Crippen LogP contribution >= 0.6 is 0 Å². The normalized spacial score (nSPS) is 13.4. The first-order valence-electron chi connectivity index (χ1n) is 6.65. The van der Waals surface area contributed by atoms with E-state index in [0.29, 0.717) is 30.8 Å². The van der Waals surface area contributed by atoms with Crippen molar-refractivity contribution in [1.82, 2.24) is 0 Å². The molecule has 0 amide bonds. The first kappa shape index (κ1) is 16.6. The molecule has 6 nitrogen and oxygen atoms in total. The number of rotatable bonds is 8. The molecule has 1 aromatic carbocycles. The molecule has 0 aliphatic carbocycles. The minimum atomic E-state index is -0.946. The molecule has 0 saturated heterocycles. The Kier molecular flexibility index (Phi) is 7.45. The van der Waals surface area contributed by atoms with Gasteiger partial charge in [-0.2, -0.15) is 0 Å². The summed E-state index contributed by atoms with van der Waals surface area (Å²) in [4.78, 5) is 19.1. The highest BCUT2D eigenvalue weighted by atomic mass is 16.4. The van der Waals surface area contributed by atoms with Crippen LogP contribution in [0, 0.1) is 0 Å². The van der Waals surface area contributed by atoms with Crippen molar-refractivity contribution < 1.29 is 9.90 Å². The zero-order valence-electron chi connectivity index (χ0n) is 11.7. The van der Waals surface area contributed by atoms with Gasteiger partial charge in [0.05, 0.1) is 11.4 Å². The number of nitrogen functional groups attached to an aromatic ring is 1. The van der Waals surface area contributed by atoms with Crippen molar-refractivity contribution in [3.05, 3.63) is 36.4 Å². The average molecular weight is 288 g/mol. The fourth-order valence-electron chi connectivity index (χ4n) is 1.55. The van der Waals surface area contributed by atoms with Gasteiger partial charge in [-0.3, -0.25) is 9.98 Å². The van der Waals surface area contributed by atoms with E-state index in [1.807, 2.05) is 12.1 Å². The Balaban J connectivity index is 2.51. The van der Waals surface area contributed by atoms with Crippen molar-refractivity contribution in [1.29, 1.82) is 0 Å². The number of aliphatic imine (C=N–C) groups is 2. The van der Waals surface area contributed by atoms with Crippen molar-refractivity contribution in [2.45, 2.75) is 18.9 Å². The lowest BCUT2D eigenvalue weighted by atomic mass is 10.1. The zero-order chi connectivity index (χ0) is 15.5. The lowest BCUT2D eigenvalue weighted by molar-refractivity contribution is -0.138. The molecule has 0 heterocycles. The van der Waals surface area contributed by atoms with Gasteiger partial charge in [0, 0.05) is 12.4 Å². The first-order chi connectivity index (χ1) is 10.1. The number of benzene rings is 1. The summed E-state index contributed by atoms with van der Waals surface area (Å²) in [5.41, 5.74) is 12.4. The van der Waals surface area contributed by atoms with Crippen molar-refractivity contribution in [3.63, 3.8) is 0 Å². The van der Waals surface area contributed by atoms with Crippen molar-refractivity contribution in [3.8, 4) is 0 Å². The molecule has 0 radical (unpaired) electrons. The molecule has 0 saturated carbocycles. The third kappa shape index (κ3) is 6.49. The fraction of sp³-hybridized carbons (Fsp3) is 0.267. The summed E-state index contributed by atoms with van der Waals surface area (Å²) in [6, 6.07) is 6.51. The molecular weight excluding hydrogens is 268 g/mol. The smallest absolute Gasteiger partial charge is 0.328 e. The van der Waals surface area contributed by atoms with E-state index in [-0.39, 0.29) is 0 Å². The number of anilines is 1.